The van der Waals surface area contributed by atoms with E-state index in [0.717, 1.165) is 5.56 Å². The van der Waals surface area contributed by atoms with Crippen molar-refractivity contribution in [2.24, 2.45) is 0 Å². The number of anilines is 2. The van der Waals surface area contributed by atoms with Gasteiger partial charge in [0.25, 0.3) is 0 Å². The van der Waals surface area contributed by atoms with Crippen LogP contribution in [-0.2, 0) is 0 Å². The number of urea groups is 1. The molecule has 2 N–H and O–H groups in total. The minimum absolute atomic E-state index is 0.381. The summed E-state index contributed by atoms with van der Waals surface area (Å²) in [5, 5.41) is 13.7. The highest BCUT2D eigenvalue weighted by atomic mass is 16.5. The Morgan fingerprint density at radius 3 is 2.07 bits per heavy atom. The van der Waals surface area contributed by atoms with Gasteiger partial charge in [-0.15, -0.1) is 10.2 Å². The second kappa shape index (κ2) is 9.41. The summed E-state index contributed by atoms with van der Waals surface area (Å²) in [4.78, 5) is 12.3. The maximum Gasteiger partial charge on any atom is 0.323 e. The van der Waals surface area contributed by atoms with Gasteiger partial charge in [-0.25, -0.2) is 4.79 Å². The Bertz CT molecular complexity index is 937. The van der Waals surface area contributed by atoms with Crippen molar-refractivity contribution >= 4 is 17.4 Å². The molecule has 0 atom stereocenters. The summed E-state index contributed by atoms with van der Waals surface area (Å²) in [5.74, 6) is 1.65. The molecule has 0 radical (unpaired) electrons. The van der Waals surface area contributed by atoms with Gasteiger partial charge >= 0.3 is 6.03 Å². The first-order chi connectivity index (χ1) is 14.1. The second-order valence-electron chi connectivity index (χ2n) is 5.95. The Labute approximate surface area is 168 Å². The van der Waals surface area contributed by atoms with E-state index >= 15 is 0 Å². The first kappa shape index (κ1) is 19.9. The van der Waals surface area contributed by atoms with Crippen LogP contribution < -0.4 is 24.8 Å². The zero-order valence-corrected chi connectivity index (χ0v) is 16.4. The molecule has 0 aliphatic heterocycles. The number of nitrogens with zero attached hydrogens (tertiary/aromatic N) is 2. The van der Waals surface area contributed by atoms with Crippen LogP contribution in [0.25, 0.3) is 11.3 Å². The number of ether oxygens (including phenoxy) is 3. The molecule has 0 aliphatic rings. The van der Waals surface area contributed by atoms with Gasteiger partial charge in [-0.3, -0.25) is 0 Å². The Morgan fingerprint density at radius 1 is 0.862 bits per heavy atom. The van der Waals surface area contributed by atoms with Gasteiger partial charge in [0.1, 0.15) is 11.5 Å². The van der Waals surface area contributed by atoms with Gasteiger partial charge in [-0.2, -0.15) is 0 Å². The van der Waals surface area contributed by atoms with E-state index in [0.29, 0.717) is 41.1 Å². The van der Waals surface area contributed by atoms with Gasteiger partial charge in [0, 0.05) is 41.2 Å². The molecule has 2 aromatic carbocycles. The Hall–Kier alpha value is -3.81. The zero-order chi connectivity index (χ0) is 20.6. The van der Waals surface area contributed by atoms with Gasteiger partial charge in [0.05, 0.1) is 26.5 Å². The van der Waals surface area contributed by atoms with Crippen molar-refractivity contribution in [2.45, 2.75) is 6.92 Å². The monoisotopic (exact) mass is 394 g/mol. The van der Waals surface area contributed by atoms with E-state index in [2.05, 4.69) is 20.8 Å². The molecular formula is C21H22N4O4. The van der Waals surface area contributed by atoms with E-state index in [9.17, 15) is 4.79 Å². The third-order valence-electron chi connectivity index (χ3n) is 3.98. The summed E-state index contributed by atoms with van der Waals surface area (Å²) >= 11 is 0. The number of hydrogen-bond donors (Lipinski definition) is 2. The van der Waals surface area contributed by atoms with Gasteiger partial charge in [-0.1, -0.05) is 12.1 Å². The molecule has 0 unspecified atom stereocenters. The average molecular weight is 394 g/mol. The van der Waals surface area contributed by atoms with Crippen molar-refractivity contribution in [3.05, 3.63) is 54.6 Å². The fourth-order valence-corrected chi connectivity index (χ4v) is 2.60. The predicted octanol–water partition coefficient (Wildman–Crippen LogP) is 4.20. The molecule has 3 rings (SSSR count). The highest BCUT2D eigenvalue weighted by Crippen LogP contribution is 2.26. The van der Waals surface area contributed by atoms with Gasteiger partial charge < -0.3 is 24.8 Å². The molecule has 0 spiro atoms. The molecule has 0 saturated carbocycles. The molecule has 8 heteroatoms. The summed E-state index contributed by atoms with van der Waals surface area (Å²) in [5.41, 5.74) is 2.79. The smallest absolute Gasteiger partial charge is 0.323 e. The van der Waals surface area contributed by atoms with Crippen molar-refractivity contribution in [1.82, 2.24) is 10.2 Å². The van der Waals surface area contributed by atoms with Gasteiger partial charge in [0.15, 0.2) is 0 Å². The van der Waals surface area contributed by atoms with E-state index in [1.54, 1.807) is 50.6 Å². The summed E-state index contributed by atoms with van der Waals surface area (Å²) in [7, 11) is 3.10. The molecule has 0 fully saturated rings. The minimum Gasteiger partial charge on any atom is -0.497 e. The summed E-state index contributed by atoms with van der Waals surface area (Å²) < 4.78 is 15.7. The van der Waals surface area contributed by atoms with Gasteiger partial charge in [0.2, 0.25) is 5.88 Å². The number of nitrogens with one attached hydrogen (secondary N) is 2. The van der Waals surface area contributed by atoms with Crippen LogP contribution >= 0.6 is 0 Å². The Kier molecular flexibility index (Phi) is 6.47. The molecule has 1 heterocycles. The molecule has 3 aromatic rings. The third kappa shape index (κ3) is 5.35. The van der Waals surface area contributed by atoms with Crippen molar-refractivity contribution in [2.75, 3.05) is 31.5 Å². The molecule has 0 bridgehead atoms. The second-order valence-corrected chi connectivity index (χ2v) is 5.95. The Morgan fingerprint density at radius 2 is 1.52 bits per heavy atom. The number of hydrogen-bond acceptors (Lipinski definition) is 6. The highest BCUT2D eigenvalue weighted by molar-refractivity contribution is 6.00. The summed E-state index contributed by atoms with van der Waals surface area (Å²) in [6.07, 6.45) is 0. The lowest BCUT2D eigenvalue weighted by Gasteiger charge is -2.11. The number of benzene rings is 2. The number of rotatable bonds is 7. The van der Waals surface area contributed by atoms with Crippen LogP contribution in [0.2, 0.25) is 0 Å². The van der Waals surface area contributed by atoms with Crippen LogP contribution in [-0.4, -0.2) is 37.1 Å². The first-order valence-corrected chi connectivity index (χ1v) is 8.99. The van der Waals surface area contributed by atoms with E-state index in [1.165, 1.54) is 0 Å². The van der Waals surface area contributed by atoms with Crippen LogP contribution in [0.15, 0.2) is 54.6 Å². The molecule has 1 aromatic heterocycles. The number of carbonyl (C=O) groups is 1. The maximum absolute atomic E-state index is 12.3. The van der Waals surface area contributed by atoms with Crippen LogP contribution in [0.5, 0.6) is 17.4 Å². The standard InChI is InChI=1S/C21H22N4O4/c1-4-29-20-10-9-19(24-25-20)14-5-7-15(8-6-14)22-21(26)23-16-11-17(27-2)13-18(12-16)28-3/h5-13H,4H2,1-3H3,(H2,22,23,26). The van der Waals surface area contributed by atoms with Crippen molar-refractivity contribution in [1.29, 1.82) is 0 Å². The zero-order valence-electron chi connectivity index (χ0n) is 16.4. The lowest BCUT2D eigenvalue weighted by Crippen LogP contribution is -2.19. The molecule has 29 heavy (non-hydrogen) atoms. The van der Waals surface area contributed by atoms with E-state index in [1.807, 2.05) is 25.1 Å². The largest absolute Gasteiger partial charge is 0.497 e. The highest BCUT2D eigenvalue weighted by Gasteiger charge is 2.07. The number of carbonyl (C=O) groups excluding carboxylic acids is 1. The number of methoxy groups -OCH3 is 2. The summed E-state index contributed by atoms with van der Waals surface area (Å²) in [6.45, 7) is 2.43. The lowest BCUT2D eigenvalue weighted by atomic mass is 10.1. The quantitative estimate of drug-likeness (QED) is 0.624. The fraction of sp³-hybridized carbons (Fsp3) is 0.190. The minimum atomic E-state index is -0.381. The van der Waals surface area contributed by atoms with Crippen LogP contribution in [0.4, 0.5) is 16.2 Å². The van der Waals surface area contributed by atoms with E-state index < -0.39 is 0 Å². The maximum atomic E-state index is 12.3. The van der Waals surface area contributed by atoms with Crippen LogP contribution in [0.3, 0.4) is 0 Å². The SMILES string of the molecule is CCOc1ccc(-c2ccc(NC(=O)Nc3cc(OC)cc(OC)c3)cc2)nn1. The van der Waals surface area contributed by atoms with Gasteiger partial charge in [-0.05, 0) is 25.1 Å². The third-order valence-corrected chi connectivity index (χ3v) is 3.98. The lowest BCUT2D eigenvalue weighted by molar-refractivity contribution is 0.262. The normalized spacial score (nSPS) is 10.2. The Balaban J connectivity index is 1.64. The van der Waals surface area contributed by atoms with E-state index in [-0.39, 0.29) is 6.03 Å². The van der Waals surface area contributed by atoms with Crippen LogP contribution in [0, 0.1) is 0 Å². The fourth-order valence-electron chi connectivity index (χ4n) is 2.60. The molecule has 8 nitrogen and oxygen atoms in total. The number of amides is 2. The molecule has 2 amide bonds. The van der Waals surface area contributed by atoms with E-state index in [4.69, 9.17) is 14.2 Å². The molecule has 150 valence electrons. The van der Waals surface area contributed by atoms with Crippen molar-refractivity contribution in [3.63, 3.8) is 0 Å². The topological polar surface area (TPSA) is 94.6 Å². The van der Waals surface area contributed by atoms with Crippen molar-refractivity contribution in [3.8, 4) is 28.6 Å². The van der Waals surface area contributed by atoms with Crippen molar-refractivity contribution < 1.29 is 19.0 Å². The number of aromatic nitrogens is 2. The van der Waals surface area contributed by atoms with Crippen LogP contribution in [0.1, 0.15) is 6.92 Å². The molecule has 0 aliphatic carbocycles. The molecule has 0 saturated heterocycles. The molecular weight excluding hydrogens is 372 g/mol. The average Bonchev–Trinajstić information content (AvgIpc) is 2.74. The predicted molar refractivity (Wildman–Crippen MR) is 111 cm³/mol. The summed E-state index contributed by atoms with van der Waals surface area (Å²) in [6, 6.07) is 15.7. The first-order valence-electron chi connectivity index (χ1n) is 8.99.